The Balaban J connectivity index is 1.60. The molecule has 0 aliphatic rings. The number of nitrogens with one attached hydrogen (secondary N) is 2. The summed E-state index contributed by atoms with van der Waals surface area (Å²) in [6, 6.07) is 13.5. The van der Waals surface area contributed by atoms with Gasteiger partial charge in [0.15, 0.2) is 11.0 Å². The van der Waals surface area contributed by atoms with E-state index in [0.717, 1.165) is 5.69 Å². The van der Waals surface area contributed by atoms with Crippen LogP contribution in [0.4, 0.5) is 5.69 Å². The number of thioether (sulfide) groups is 1. The van der Waals surface area contributed by atoms with Crippen LogP contribution in [0.3, 0.4) is 0 Å². The van der Waals surface area contributed by atoms with Gasteiger partial charge in [-0.1, -0.05) is 53.2 Å². The van der Waals surface area contributed by atoms with E-state index < -0.39 is 6.04 Å². The fourth-order valence-corrected chi connectivity index (χ4v) is 3.90. The molecule has 1 aromatic heterocycles. The Morgan fingerprint density at radius 3 is 2.57 bits per heavy atom. The number of amides is 2. The van der Waals surface area contributed by atoms with Gasteiger partial charge in [0.2, 0.25) is 5.91 Å². The molecule has 0 aliphatic carbocycles. The van der Waals surface area contributed by atoms with Crippen molar-refractivity contribution in [1.29, 1.82) is 0 Å². The van der Waals surface area contributed by atoms with Gasteiger partial charge in [0, 0.05) is 17.8 Å². The maximum absolute atomic E-state index is 12.5. The van der Waals surface area contributed by atoms with Crippen molar-refractivity contribution in [1.82, 2.24) is 20.1 Å². The number of carbonyl (C=O) groups is 2. The van der Waals surface area contributed by atoms with Crippen LogP contribution < -0.4 is 10.6 Å². The van der Waals surface area contributed by atoms with Crippen LogP contribution >= 0.6 is 35.0 Å². The molecule has 1 atom stereocenters. The number of aromatic nitrogens is 3. The first-order valence-electron chi connectivity index (χ1n) is 8.98. The summed E-state index contributed by atoms with van der Waals surface area (Å²) in [6.45, 7) is 1.79. The number of hydrogen-bond acceptors (Lipinski definition) is 5. The molecule has 2 aromatic carbocycles. The minimum atomic E-state index is -0.422. The van der Waals surface area contributed by atoms with Crippen LogP contribution in [0.5, 0.6) is 0 Å². The molecule has 0 saturated carbocycles. The number of benzene rings is 2. The minimum absolute atomic E-state index is 0.144. The van der Waals surface area contributed by atoms with Gasteiger partial charge in [0.1, 0.15) is 0 Å². The van der Waals surface area contributed by atoms with Gasteiger partial charge in [0.25, 0.3) is 5.91 Å². The topological polar surface area (TPSA) is 88.9 Å². The Kier molecular flexibility index (Phi) is 7.36. The molecule has 3 aromatic rings. The highest BCUT2D eigenvalue weighted by atomic mass is 35.5. The third-order valence-electron chi connectivity index (χ3n) is 4.17. The highest BCUT2D eigenvalue weighted by Crippen LogP contribution is 2.23. The van der Waals surface area contributed by atoms with E-state index in [0.29, 0.717) is 21.6 Å². The molecule has 0 radical (unpaired) electrons. The lowest BCUT2D eigenvalue weighted by Gasteiger charge is -2.14. The smallest absolute Gasteiger partial charge is 0.253 e. The van der Waals surface area contributed by atoms with Crippen LogP contribution in [0.2, 0.25) is 10.0 Å². The first-order valence-corrected chi connectivity index (χ1v) is 10.7. The lowest BCUT2D eigenvalue weighted by Crippen LogP contribution is -2.28. The largest absolute Gasteiger partial charge is 0.342 e. The second kappa shape index (κ2) is 9.97. The lowest BCUT2D eigenvalue weighted by atomic mass is 10.2. The van der Waals surface area contributed by atoms with Crippen molar-refractivity contribution in [2.24, 2.45) is 7.05 Å². The molecule has 3 rings (SSSR count). The highest BCUT2D eigenvalue weighted by Gasteiger charge is 2.20. The van der Waals surface area contributed by atoms with Crippen molar-refractivity contribution < 1.29 is 9.59 Å². The molecule has 0 bridgehead atoms. The Hall–Kier alpha value is -2.55. The van der Waals surface area contributed by atoms with Crippen LogP contribution in [0.15, 0.2) is 53.7 Å². The van der Waals surface area contributed by atoms with Crippen LogP contribution in [0, 0.1) is 0 Å². The monoisotopic (exact) mass is 463 g/mol. The Morgan fingerprint density at radius 2 is 1.87 bits per heavy atom. The predicted molar refractivity (Wildman–Crippen MR) is 119 cm³/mol. The fraction of sp³-hybridized carbons (Fsp3) is 0.200. The molecule has 2 N–H and O–H groups in total. The van der Waals surface area contributed by atoms with E-state index in [1.54, 1.807) is 30.7 Å². The molecule has 0 aliphatic heterocycles. The molecule has 30 heavy (non-hydrogen) atoms. The first kappa shape index (κ1) is 22.1. The normalized spacial score (nSPS) is 11.7. The van der Waals surface area contributed by atoms with Crippen molar-refractivity contribution in [3.8, 4) is 0 Å². The molecule has 0 fully saturated rings. The highest BCUT2D eigenvalue weighted by molar-refractivity contribution is 7.99. The van der Waals surface area contributed by atoms with E-state index in [4.69, 9.17) is 23.2 Å². The zero-order valence-electron chi connectivity index (χ0n) is 16.2. The molecule has 0 unspecified atom stereocenters. The van der Waals surface area contributed by atoms with Gasteiger partial charge in [-0.2, -0.15) is 0 Å². The summed E-state index contributed by atoms with van der Waals surface area (Å²) >= 11 is 13.2. The number of hydrogen-bond donors (Lipinski definition) is 2. The Morgan fingerprint density at radius 1 is 1.13 bits per heavy atom. The summed E-state index contributed by atoms with van der Waals surface area (Å²) in [6.07, 6.45) is 0. The number of anilines is 1. The van der Waals surface area contributed by atoms with Gasteiger partial charge < -0.3 is 15.2 Å². The second-order valence-electron chi connectivity index (χ2n) is 6.42. The SMILES string of the molecule is C[C@@H](NC(=O)c1ccc(Cl)cc1Cl)c1nnc(SCC(=O)Nc2ccccc2)n1C. The molecular formula is C20H19Cl2N5O2S. The average Bonchev–Trinajstić information content (AvgIpc) is 3.07. The summed E-state index contributed by atoms with van der Waals surface area (Å²) in [7, 11) is 1.78. The van der Waals surface area contributed by atoms with E-state index in [9.17, 15) is 9.59 Å². The standard InChI is InChI=1S/C20H19Cl2N5O2S/c1-12(23-19(29)15-9-8-13(21)10-16(15)22)18-25-26-20(27(18)2)30-11-17(28)24-14-6-4-3-5-7-14/h3-10,12H,11H2,1-2H3,(H,23,29)(H,24,28)/t12-/m1/s1. The number of halogens is 2. The summed E-state index contributed by atoms with van der Waals surface area (Å²) in [5, 5.41) is 15.2. The van der Waals surface area contributed by atoms with Crippen molar-refractivity contribution in [3.63, 3.8) is 0 Å². The Bertz CT molecular complexity index is 1060. The van der Waals surface area contributed by atoms with Crippen molar-refractivity contribution in [2.75, 3.05) is 11.1 Å². The van der Waals surface area contributed by atoms with Gasteiger partial charge in [-0.05, 0) is 37.3 Å². The van der Waals surface area contributed by atoms with Crippen LogP contribution in [-0.2, 0) is 11.8 Å². The van der Waals surface area contributed by atoms with E-state index in [2.05, 4.69) is 20.8 Å². The zero-order valence-corrected chi connectivity index (χ0v) is 18.6. The number of carbonyl (C=O) groups excluding carboxylic acids is 2. The van der Waals surface area contributed by atoms with Crippen LogP contribution in [0.25, 0.3) is 0 Å². The summed E-state index contributed by atoms with van der Waals surface area (Å²) in [4.78, 5) is 24.6. The average molecular weight is 464 g/mol. The van der Waals surface area contributed by atoms with Gasteiger partial charge in [0.05, 0.1) is 22.4 Å². The molecule has 0 spiro atoms. The summed E-state index contributed by atoms with van der Waals surface area (Å²) in [5.74, 6) is 0.250. The van der Waals surface area contributed by atoms with E-state index in [1.165, 1.54) is 17.8 Å². The van der Waals surface area contributed by atoms with Gasteiger partial charge in [-0.15, -0.1) is 10.2 Å². The first-order chi connectivity index (χ1) is 14.3. The van der Waals surface area contributed by atoms with Crippen LogP contribution in [-0.4, -0.2) is 32.3 Å². The molecule has 7 nitrogen and oxygen atoms in total. The number of para-hydroxylation sites is 1. The molecule has 2 amide bonds. The van der Waals surface area contributed by atoms with Crippen molar-refractivity contribution >= 4 is 52.5 Å². The third kappa shape index (κ3) is 5.53. The van der Waals surface area contributed by atoms with Gasteiger partial charge in [-0.3, -0.25) is 9.59 Å². The quantitative estimate of drug-likeness (QED) is 0.508. The van der Waals surface area contributed by atoms with E-state index in [-0.39, 0.29) is 22.6 Å². The number of rotatable bonds is 7. The second-order valence-corrected chi connectivity index (χ2v) is 8.21. The van der Waals surface area contributed by atoms with Crippen molar-refractivity contribution in [3.05, 3.63) is 70.0 Å². The fourth-order valence-electron chi connectivity index (χ4n) is 2.69. The van der Waals surface area contributed by atoms with Gasteiger partial charge in [-0.25, -0.2) is 0 Å². The molecule has 10 heteroatoms. The lowest BCUT2D eigenvalue weighted by molar-refractivity contribution is -0.113. The summed E-state index contributed by atoms with van der Waals surface area (Å²) < 4.78 is 1.74. The predicted octanol–water partition coefficient (Wildman–Crippen LogP) is 4.34. The van der Waals surface area contributed by atoms with Gasteiger partial charge >= 0.3 is 0 Å². The minimum Gasteiger partial charge on any atom is -0.342 e. The summed E-state index contributed by atoms with van der Waals surface area (Å²) in [5.41, 5.74) is 1.06. The third-order valence-corrected chi connectivity index (χ3v) is 5.74. The molecule has 156 valence electrons. The Labute approximate surface area is 188 Å². The van der Waals surface area contributed by atoms with E-state index >= 15 is 0 Å². The molecular weight excluding hydrogens is 445 g/mol. The maximum atomic E-state index is 12.5. The van der Waals surface area contributed by atoms with Crippen LogP contribution in [0.1, 0.15) is 29.1 Å². The number of nitrogens with zero attached hydrogens (tertiary/aromatic N) is 3. The van der Waals surface area contributed by atoms with E-state index in [1.807, 2.05) is 30.3 Å². The van der Waals surface area contributed by atoms with Crippen molar-refractivity contribution in [2.45, 2.75) is 18.1 Å². The molecule has 0 saturated heterocycles. The zero-order chi connectivity index (χ0) is 21.7. The molecule has 1 heterocycles. The maximum Gasteiger partial charge on any atom is 0.253 e.